The van der Waals surface area contributed by atoms with Gasteiger partial charge in [0.2, 0.25) is 5.91 Å². The van der Waals surface area contributed by atoms with E-state index in [-0.39, 0.29) is 18.6 Å². The van der Waals surface area contributed by atoms with Crippen LogP contribution in [0.4, 0.5) is 0 Å². The lowest BCUT2D eigenvalue weighted by molar-refractivity contribution is -0.148. The first-order valence-electron chi connectivity index (χ1n) is 6.84. The van der Waals surface area contributed by atoms with Gasteiger partial charge < -0.3 is 15.8 Å². The van der Waals surface area contributed by atoms with E-state index in [0.29, 0.717) is 5.02 Å². The summed E-state index contributed by atoms with van der Waals surface area (Å²) in [5, 5.41) is 3.40. The fourth-order valence-corrected chi connectivity index (χ4v) is 2.01. The summed E-state index contributed by atoms with van der Waals surface area (Å²) in [5.41, 5.74) is 6.49. The first kappa shape index (κ1) is 17.5. The van der Waals surface area contributed by atoms with Crippen molar-refractivity contribution < 1.29 is 14.3 Å². The van der Waals surface area contributed by atoms with Crippen molar-refractivity contribution in [3.8, 4) is 0 Å². The van der Waals surface area contributed by atoms with Crippen LogP contribution in [-0.4, -0.2) is 24.5 Å². The van der Waals surface area contributed by atoms with Crippen LogP contribution >= 0.6 is 11.6 Å². The van der Waals surface area contributed by atoms with E-state index in [4.69, 9.17) is 22.1 Å². The third kappa shape index (κ3) is 5.02. The Bertz CT molecular complexity index is 488. The van der Waals surface area contributed by atoms with Gasteiger partial charge >= 0.3 is 5.97 Å². The first-order valence-corrected chi connectivity index (χ1v) is 7.22. The van der Waals surface area contributed by atoms with Gasteiger partial charge in [-0.25, -0.2) is 4.79 Å². The number of carbonyl (C=O) groups is 2. The monoisotopic (exact) mass is 312 g/mol. The number of esters is 1. The summed E-state index contributed by atoms with van der Waals surface area (Å²) in [4.78, 5) is 23.5. The largest absolute Gasteiger partial charge is 0.464 e. The highest BCUT2D eigenvalue weighted by Gasteiger charge is 2.27. The molecule has 0 spiro atoms. The maximum absolute atomic E-state index is 12.1. The molecule has 0 heterocycles. The molecule has 1 aromatic carbocycles. The Labute approximate surface area is 129 Å². The van der Waals surface area contributed by atoms with Crippen LogP contribution in [0.15, 0.2) is 24.3 Å². The maximum Gasteiger partial charge on any atom is 0.332 e. The molecule has 2 unspecified atom stereocenters. The van der Waals surface area contributed by atoms with Crippen molar-refractivity contribution in [2.45, 2.75) is 32.9 Å². The van der Waals surface area contributed by atoms with E-state index >= 15 is 0 Å². The van der Waals surface area contributed by atoms with Crippen molar-refractivity contribution in [1.29, 1.82) is 0 Å². The minimum atomic E-state index is -1.32. The highest BCUT2D eigenvalue weighted by Crippen LogP contribution is 2.23. The number of benzene rings is 1. The molecule has 21 heavy (non-hydrogen) atoms. The number of nitrogens with one attached hydrogen (secondary N) is 1. The van der Waals surface area contributed by atoms with Crippen molar-refractivity contribution >= 4 is 23.5 Å². The van der Waals surface area contributed by atoms with Gasteiger partial charge in [0.05, 0.1) is 12.6 Å². The molecular weight excluding hydrogens is 292 g/mol. The van der Waals surface area contributed by atoms with Crippen LogP contribution in [0.25, 0.3) is 0 Å². The van der Waals surface area contributed by atoms with Gasteiger partial charge in [0.1, 0.15) is 0 Å². The lowest BCUT2D eigenvalue weighted by Gasteiger charge is -2.24. The number of rotatable bonds is 6. The molecule has 3 N–H and O–H groups in total. The summed E-state index contributed by atoms with van der Waals surface area (Å²) in [6.45, 7) is 5.78. The van der Waals surface area contributed by atoms with E-state index in [1.54, 1.807) is 19.1 Å². The maximum atomic E-state index is 12.1. The number of halogens is 1. The zero-order valence-electron chi connectivity index (χ0n) is 12.4. The summed E-state index contributed by atoms with van der Waals surface area (Å²) in [6, 6.07) is 5.61. The summed E-state index contributed by atoms with van der Waals surface area (Å²) in [7, 11) is 0. The van der Waals surface area contributed by atoms with Crippen molar-refractivity contribution in [2.75, 3.05) is 6.61 Å². The Hall–Kier alpha value is -1.59. The zero-order chi connectivity index (χ0) is 16.0. The minimum Gasteiger partial charge on any atom is -0.464 e. The smallest absolute Gasteiger partial charge is 0.332 e. The fourth-order valence-electron chi connectivity index (χ4n) is 1.89. The molecule has 1 amide bonds. The van der Waals surface area contributed by atoms with Crippen LogP contribution in [0.1, 0.15) is 32.4 Å². The molecule has 2 atom stereocenters. The molecule has 0 aliphatic rings. The van der Waals surface area contributed by atoms with Gasteiger partial charge in [-0.15, -0.1) is 0 Å². The lowest BCUT2D eigenvalue weighted by Crippen LogP contribution is -2.48. The van der Waals surface area contributed by atoms with E-state index in [0.717, 1.165) is 5.56 Å². The van der Waals surface area contributed by atoms with Crippen LogP contribution in [-0.2, 0) is 14.3 Å². The molecule has 1 aromatic rings. The summed E-state index contributed by atoms with van der Waals surface area (Å²) in [6.07, 6.45) is 0. The minimum absolute atomic E-state index is 0.129. The lowest BCUT2D eigenvalue weighted by atomic mass is 9.95. The molecule has 0 bridgehead atoms. The molecule has 5 nitrogen and oxygen atoms in total. The third-order valence-corrected chi connectivity index (χ3v) is 3.27. The standard InChI is InChI=1S/C15H21ClN2O3/c1-4-21-15(20)12(17)14(19)18-13(9(2)3)10-5-7-11(16)8-6-10/h5-9,12-13H,4,17H2,1-3H3,(H,18,19). The second kappa shape index (κ2) is 8.00. The topological polar surface area (TPSA) is 81.4 Å². The van der Waals surface area contributed by atoms with Crippen LogP contribution in [0.3, 0.4) is 0 Å². The van der Waals surface area contributed by atoms with Gasteiger partial charge in [-0.1, -0.05) is 37.6 Å². The number of hydrogen-bond acceptors (Lipinski definition) is 4. The zero-order valence-corrected chi connectivity index (χ0v) is 13.2. The van der Waals surface area contributed by atoms with Crippen molar-refractivity contribution in [3.05, 3.63) is 34.9 Å². The van der Waals surface area contributed by atoms with Gasteiger partial charge in [-0.3, -0.25) is 4.79 Å². The van der Waals surface area contributed by atoms with Gasteiger partial charge in [-0.05, 0) is 30.5 Å². The van der Waals surface area contributed by atoms with E-state index in [1.165, 1.54) is 0 Å². The second-order valence-electron chi connectivity index (χ2n) is 5.01. The molecule has 0 aliphatic heterocycles. The van der Waals surface area contributed by atoms with Gasteiger partial charge in [0, 0.05) is 5.02 Å². The molecule has 0 aliphatic carbocycles. The summed E-state index contributed by atoms with van der Waals surface area (Å²) in [5.74, 6) is -1.15. The van der Waals surface area contributed by atoms with E-state index in [2.05, 4.69) is 5.32 Å². The van der Waals surface area contributed by atoms with Gasteiger partial charge in [0.25, 0.3) is 0 Å². The molecule has 0 fully saturated rings. The summed E-state index contributed by atoms with van der Waals surface area (Å²) >= 11 is 5.86. The number of nitrogens with two attached hydrogens (primary N) is 1. The molecule has 1 rings (SSSR count). The van der Waals surface area contributed by atoms with Crippen LogP contribution < -0.4 is 11.1 Å². The first-order chi connectivity index (χ1) is 9.86. The highest BCUT2D eigenvalue weighted by atomic mass is 35.5. The van der Waals surface area contributed by atoms with Gasteiger partial charge in [0.15, 0.2) is 6.04 Å². The summed E-state index contributed by atoms with van der Waals surface area (Å²) < 4.78 is 4.75. The average molecular weight is 313 g/mol. The molecule has 116 valence electrons. The fraction of sp³-hybridized carbons (Fsp3) is 0.467. The Kier molecular flexibility index (Phi) is 6.65. The van der Waals surface area contributed by atoms with E-state index < -0.39 is 17.9 Å². The molecular formula is C15H21ClN2O3. The predicted octanol–water partition coefficient (Wildman–Crippen LogP) is 2.04. The highest BCUT2D eigenvalue weighted by molar-refractivity contribution is 6.30. The number of ether oxygens (including phenoxy) is 1. The van der Waals surface area contributed by atoms with Crippen LogP contribution in [0.2, 0.25) is 5.02 Å². The van der Waals surface area contributed by atoms with E-state index in [1.807, 2.05) is 26.0 Å². The number of amides is 1. The Morgan fingerprint density at radius 3 is 2.33 bits per heavy atom. The predicted molar refractivity (Wildman–Crippen MR) is 81.8 cm³/mol. The third-order valence-electron chi connectivity index (χ3n) is 3.02. The van der Waals surface area contributed by atoms with Crippen molar-refractivity contribution in [2.24, 2.45) is 11.7 Å². The van der Waals surface area contributed by atoms with Crippen molar-refractivity contribution in [1.82, 2.24) is 5.32 Å². The van der Waals surface area contributed by atoms with Crippen LogP contribution in [0, 0.1) is 5.92 Å². The Morgan fingerprint density at radius 2 is 1.86 bits per heavy atom. The molecule has 0 radical (unpaired) electrons. The molecule has 0 aromatic heterocycles. The molecule has 0 saturated heterocycles. The van der Waals surface area contributed by atoms with Gasteiger partial charge in [-0.2, -0.15) is 0 Å². The Balaban J connectivity index is 2.81. The van der Waals surface area contributed by atoms with E-state index in [9.17, 15) is 9.59 Å². The molecule has 6 heteroatoms. The second-order valence-corrected chi connectivity index (χ2v) is 5.45. The van der Waals surface area contributed by atoms with Crippen LogP contribution in [0.5, 0.6) is 0 Å². The normalized spacial score (nSPS) is 13.6. The number of carbonyl (C=O) groups excluding carboxylic acids is 2. The quantitative estimate of drug-likeness (QED) is 0.622. The SMILES string of the molecule is CCOC(=O)C(N)C(=O)NC(c1ccc(Cl)cc1)C(C)C. The number of hydrogen-bond donors (Lipinski definition) is 2. The molecule has 0 saturated carbocycles. The van der Waals surface area contributed by atoms with Crippen molar-refractivity contribution in [3.63, 3.8) is 0 Å². The Morgan fingerprint density at radius 1 is 1.29 bits per heavy atom. The average Bonchev–Trinajstić information content (AvgIpc) is 2.44.